The van der Waals surface area contributed by atoms with Gasteiger partial charge in [-0.3, -0.25) is 0 Å². The Balaban J connectivity index is 0.000000208. The summed E-state index contributed by atoms with van der Waals surface area (Å²) in [4.78, 5) is 8.31. The van der Waals surface area contributed by atoms with Gasteiger partial charge in [-0.15, -0.1) is 0 Å². The van der Waals surface area contributed by atoms with Gasteiger partial charge in [0.25, 0.3) is 12.0 Å². The fraction of sp³-hybridized carbons (Fsp3) is 0.316. The maximum atomic E-state index is 13.5. The van der Waals surface area contributed by atoms with Gasteiger partial charge in [0.2, 0.25) is 0 Å². The zero-order valence-corrected chi connectivity index (χ0v) is 30.2. The second-order valence-corrected chi connectivity index (χ2v) is 13.5. The van der Waals surface area contributed by atoms with Crippen molar-refractivity contribution in [1.29, 1.82) is 0 Å². The van der Waals surface area contributed by atoms with E-state index in [1.54, 1.807) is 48.5 Å². The molecule has 4 atom stereocenters. The van der Waals surface area contributed by atoms with Crippen LogP contribution in [-0.4, -0.2) is 49.7 Å². The average Bonchev–Trinajstić information content (AvgIpc) is 3.76. The third-order valence-corrected chi connectivity index (χ3v) is 9.09. The summed E-state index contributed by atoms with van der Waals surface area (Å²) in [6.45, 7) is 0.944. The first kappa shape index (κ1) is 40.4. The van der Waals surface area contributed by atoms with Crippen LogP contribution in [0.1, 0.15) is 47.2 Å². The van der Waals surface area contributed by atoms with Gasteiger partial charge in [-0.1, -0.05) is 71.7 Å². The van der Waals surface area contributed by atoms with E-state index in [0.29, 0.717) is 34.6 Å². The zero-order valence-electron chi connectivity index (χ0n) is 28.7. The third-order valence-electron chi connectivity index (χ3n) is 8.59. The highest BCUT2D eigenvalue weighted by atomic mass is 35.5. The van der Waals surface area contributed by atoms with Crippen LogP contribution in [0.3, 0.4) is 0 Å². The van der Waals surface area contributed by atoms with Gasteiger partial charge in [0, 0.05) is 21.4 Å². The molecular weight excluding hydrogens is 757 g/mol. The molecule has 2 heterocycles. The smallest absolute Gasteiger partial charge is 0.412 e. The van der Waals surface area contributed by atoms with Crippen LogP contribution in [0.5, 0.6) is 0 Å². The number of benzene rings is 4. The Bertz CT molecular complexity index is 1720. The van der Waals surface area contributed by atoms with Crippen LogP contribution in [0.25, 0.3) is 0 Å². The summed E-state index contributed by atoms with van der Waals surface area (Å²) in [5, 5.41) is 5.90. The van der Waals surface area contributed by atoms with Crippen LogP contribution in [0.15, 0.2) is 107 Å². The average molecular weight is 796 g/mol. The molecule has 0 fully saturated rings. The molecule has 6 rings (SSSR count). The molecule has 8 nitrogen and oxygen atoms in total. The first-order chi connectivity index (χ1) is 25.6. The molecule has 0 unspecified atom stereocenters. The molecule has 54 heavy (non-hydrogen) atoms. The van der Waals surface area contributed by atoms with Gasteiger partial charge < -0.3 is 31.6 Å². The highest BCUT2D eigenvalue weighted by molar-refractivity contribution is 6.30. The molecule has 6 N–H and O–H groups in total. The van der Waals surface area contributed by atoms with Crippen molar-refractivity contribution >= 4 is 46.6 Å². The Morgan fingerprint density at radius 1 is 0.574 bits per heavy atom. The minimum absolute atomic E-state index is 0.0299. The highest BCUT2D eigenvalue weighted by Gasteiger charge is 2.41. The Kier molecular flexibility index (Phi) is 13.5. The van der Waals surface area contributed by atoms with Gasteiger partial charge in [0.1, 0.15) is 25.3 Å². The predicted octanol–water partition coefficient (Wildman–Crippen LogP) is 9.40. The van der Waals surface area contributed by atoms with Gasteiger partial charge in [0.15, 0.2) is 0 Å². The fourth-order valence-corrected chi connectivity index (χ4v) is 5.97. The Morgan fingerprint density at radius 2 is 0.907 bits per heavy atom. The molecule has 4 aromatic carbocycles. The summed E-state index contributed by atoms with van der Waals surface area (Å²) in [6, 6.07) is 21.9. The number of anilines is 2. The molecule has 0 bridgehead atoms. The summed E-state index contributed by atoms with van der Waals surface area (Å²) >= 11 is 11.5. The number of nitrogens with zero attached hydrogens (tertiary/aromatic N) is 2. The van der Waals surface area contributed by atoms with Crippen molar-refractivity contribution in [3.8, 4) is 0 Å². The van der Waals surface area contributed by atoms with E-state index in [0.717, 1.165) is 36.8 Å². The summed E-state index contributed by atoms with van der Waals surface area (Å²) in [5.41, 5.74) is 14.0. The number of amidine groups is 2. The fourth-order valence-electron chi connectivity index (χ4n) is 5.72. The maximum Gasteiger partial charge on any atom is 0.412 e. The topological polar surface area (TPSA) is 119 Å². The van der Waals surface area contributed by atoms with Crippen LogP contribution >= 0.6 is 23.2 Å². The van der Waals surface area contributed by atoms with Gasteiger partial charge in [-0.25, -0.2) is 9.98 Å². The SMILES string of the molecule is NC1=N[C@@H](CCc2ccc(N[C@@H](c3ccc(Cl)cc3)C(F)(F)F)cc2)CO1.NC1=N[C@@H](CCc2ccc(N[C@H](c3ccc(Cl)cc3)C(F)(F)F)cc2)CO1. The lowest BCUT2D eigenvalue weighted by Gasteiger charge is -2.23. The molecule has 0 radical (unpaired) electrons. The number of halogens is 8. The molecule has 288 valence electrons. The van der Waals surface area contributed by atoms with Crippen molar-refractivity contribution in [3.63, 3.8) is 0 Å². The van der Waals surface area contributed by atoms with E-state index in [1.165, 1.54) is 48.5 Å². The number of nitrogens with two attached hydrogens (primary N) is 2. The summed E-state index contributed by atoms with van der Waals surface area (Å²) in [5.74, 6) is 0. The largest absolute Gasteiger partial charge is 0.463 e. The standard InChI is InChI=1S/2C19H19ClF3N3O/c2*20-14-6-4-13(5-7-14)17(19(21,22)23)25-15-8-1-12(2-9-15)3-10-16-11-27-18(24)26-16/h2*1-2,4-9,16-17,25H,3,10-11H2,(H2,24,26)/t16-,17+;16-,17-/m00/s1. The number of rotatable bonds is 12. The van der Waals surface area contributed by atoms with Crippen LogP contribution < -0.4 is 22.1 Å². The van der Waals surface area contributed by atoms with Crippen LogP contribution in [0, 0.1) is 0 Å². The van der Waals surface area contributed by atoms with E-state index in [1.807, 2.05) is 0 Å². The summed E-state index contributed by atoms with van der Waals surface area (Å²) in [6.07, 6.45) is -5.86. The van der Waals surface area contributed by atoms with Crippen LogP contribution in [0.2, 0.25) is 10.0 Å². The normalized spacial score (nSPS) is 17.9. The summed E-state index contributed by atoms with van der Waals surface area (Å²) in [7, 11) is 0. The lowest BCUT2D eigenvalue weighted by atomic mass is 10.0. The molecule has 0 amide bonds. The zero-order chi connectivity index (χ0) is 38.9. The van der Waals surface area contributed by atoms with Crippen molar-refractivity contribution in [2.24, 2.45) is 21.5 Å². The van der Waals surface area contributed by atoms with Crippen LogP contribution in [0.4, 0.5) is 37.7 Å². The van der Waals surface area contributed by atoms with E-state index in [9.17, 15) is 26.3 Å². The minimum Gasteiger partial charge on any atom is -0.463 e. The lowest BCUT2D eigenvalue weighted by molar-refractivity contribution is -0.144. The van der Waals surface area contributed by atoms with Crippen LogP contribution in [-0.2, 0) is 22.3 Å². The van der Waals surface area contributed by atoms with E-state index in [-0.39, 0.29) is 35.3 Å². The summed E-state index contributed by atoms with van der Waals surface area (Å²) < 4.78 is 91.0. The van der Waals surface area contributed by atoms with E-state index >= 15 is 0 Å². The molecule has 0 aliphatic carbocycles. The lowest BCUT2D eigenvalue weighted by Crippen LogP contribution is -2.27. The van der Waals surface area contributed by atoms with Gasteiger partial charge in [0.05, 0.1) is 12.1 Å². The molecule has 0 saturated carbocycles. The number of alkyl halides is 6. The number of aliphatic imine (C=N–C) groups is 2. The molecule has 0 saturated heterocycles. The van der Waals surface area contributed by atoms with Gasteiger partial charge >= 0.3 is 12.4 Å². The molecule has 16 heteroatoms. The van der Waals surface area contributed by atoms with E-state index in [2.05, 4.69) is 20.6 Å². The predicted molar refractivity (Wildman–Crippen MR) is 200 cm³/mol. The Hall–Kier alpha value is -4.82. The van der Waals surface area contributed by atoms with Gasteiger partial charge in [-0.05, 0) is 96.5 Å². The van der Waals surface area contributed by atoms with Crippen molar-refractivity contribution in [2.45, 2.75) is 62.2 Å². The Morgan fingerprint density at radius 3 is 1.19 bits per heavy atom. The molecular formula is C38H38Cl2F6N6O2. The highest BCUT2D eigenvalue weighted by Crippen LogP contribution is 2.37. The third kappa shape index (κ3) is 12.1. The number of hydrogen-bond acceptors (Lipinski definition) is 8. The minimum atomic E-state index is -4.44. The second-order valence-electron chi connectivity index (χ2n) is 12.7. The van der Waals surface area contributed by atoms with Gasteiger partial charge in [-0.2, -0.15) is 26.3 Å². The second kappa shape index (κ2) is 18.0. The van der Waals surface area contributed by atoms with E-state index in [4.69, 9.17) is 44.1 Å². The first-order valence-corrected chi connectivity index (χ1v) is 17.7. The maximum absolute atomic E-state index is 13.5. The molecule has 2 aliphatic heterocycles. The van der Waals surface area contributed by atoms with Crippen molar-refractivity contribution in [2.75, 3.05) is 23.8 Å². The number of nitrogens with one attached hydrogen (secondary N) is 2. The molecule has 4 aromatic rings. The van der Waals surface area contributed by atoms with E-state index < -0.39 is 24.4 Å². The number of ether oxygens (including phenoxy) is 2. The van der Waals surface area contributed by atoms with Crippen molar-refractivity contribution in [3.05, 3.63) is 129 Å². The monoisotopic (exact) mass is 794 g/mol. The molecule has 2 aliphatic rings. The van der Waals surface area contributed by atoms with Crippen molar-refractivity contribution < 1.29 is 35.8 Å². The number of aryl methyl sites for hydroxylation is 2. The molecule has 0 aromatic heterocycles. The Labute approximate surface area is 318 Å². The van der Waals surface area contributed by atoms with Crippen molar-refractivity contribution in [1.82, 2.24) is 0 Å². The first-order valence-electron chi connectivity index (χ1n) is 16.9. The quantitative estimate of drug-likeness (QED) is 0.106. The number of hydrogen-bond donors (Lipinski definition) is 4. The molecule has 0 spiro atoms.